The van der Waals surface area contributed by atoms with Gasteiger partial charge in [-0.3, -0.25) is 0 Å². The van der Waals surface area contributed by atoms with Gasteiger partial charge >= 0.3 is 6.01 Å². The molecule has 94 valence electrons. The largest absolute Gasteiger partial charge is 0.461 e. The van der Waals surface area contributed by atoms with E-state index in [1.165, 1.54) is 12.1 Å². The minimum atomic E-state index is -0.365. The highest BCUT2D eigenvalue weighted by atomic mass is 35.5. The molecule has 2 aromatic rings. The molecule has 2 rings (SSSR count). The van der Waals surface area contributed by atoms with Gasteiger partial charge < -0.3 is 4.74 Å². The van der Waals surface area contributed by atoms with E-state index in [0.29, 0.717) is 5.56 Å². The molecule has 0 saturated heterocycles. The Labute approximate surface area is 109 Å². The molecule has 0 atom stereocenters. The minimum absolute atomic E-state index is 0.0138. The van der Waals surface area contributed by atoms with Crippen LogP contribution in [0, 0.1) is 5.82 Å². The normalized spacial score (nSPS) is 10.7. The number of hydrogen-bond acceptors (Lipinski definition) is 4. The fraction of sp³-hybridized carbons (Fsp3) is 0.250. The van der Waals surface area contributed by atoms with Crippen LogP contribution < -0.4 is 4.74 Å². The molecule has 0 bridgehead atoms. The van der Waals surface area contributed by atoms with Crippen LogP contribution in [-0.4, -0.2) is 21.1 Å². The Hall–Kier alpha value is -1.75. The molecular formula is C12H11ClFN3O. The lowest BCUT2D eigenvalue weighted by atomic mass is 10.2. The number of nitrogens with zero attached hydrogens (tertiary/aromatic N) is 3. The summed E-state index contributed by atoms with van der Waals surface area (Å²) in [5.74, 6) is -0.0829. The number of benzene rings is 1. The molecule has 0 saturated carbocycles. The molecule has 0 aliphatic heterocycles. The molecule has 18 heavy (non-hydrogen) atoms. The molecule has 0 amide bonds. The second-order valence-corrected chi connectivity index (χ2v) is 4.23. The molecule has 0 aliphatic carbocycles. The van der Waals surface area contributed by atoms with Gasteiger partial charge in [-0.2, -0.15) is 15.0 Å². The number of halogens is 2. The van der Waals surface area contributed by atoms with Crippen LogP contribution in [0.25, 0.3) is 11.4 Å². The maximum Gasteiger partial charge on any atom is 0.321 e. The number of ether oxygens (including phenoxy) is 1. The second-order valence-electron chi connectivity index (χ2n) is 3.89. The predicted molar refractivity (Wildman–Crippen MR) is 66.0 cm³/mol. The number of aromatic nitrogens is 3. The van der Waals surface area contributed by atoms with Crippen molar-refractivity contribution in [2.45, 2.75) is 20.0 Å². The summed E-state index contributed by atoms with van der Waals surface area (Å²) in [6.45, 7) is 3.69. The third kappa shape index (κ3) is 3.13. The third-order valence-electron chi connectivity index (χ3n) is 2.01. The average molecular weight is 268 g/mol. The Kier molecular flexibility index (Phi) is 3.72. The van der Waals surface area contributed by atoms with E-state index in [9.17, 15) is 4.39 Å². The van der Waals surface area contributed by atoms with Crippen molar-refractivity contribution in [1.82, 2.24) is 15.0 Å². The van der Waals surface area contributed by atoms with E-state index < -0.39 is 0 Å². The van der Waals surface area contributed by atoms with E-state index >= 15 is 0 Å². The monoisotopic (exact) mass is 267 g/mol. The quantitative estimate of drug-likeness (QED) is 0.857. The van der Waals surface area contributed by atoms with Crippen LogP contribution in [0.15, 0.2) is 24.3 Å². The summed E-state index contributed by atoms with van der Waals surface area (Å²) in [6, 6.07) is 6.06. The summed E-state index contributed by atoms with van der Waals surface area (Å²) in [5, 5.41) is 0.0138. The van der Waals surface area contributed by atoms with Crippen molar-refractivity contribution in [2.24, 2.45) is 0 Å². The van der Waals surface area contributed by atoms with Gasteiger partial charge in [-0.15, -0.1) is 0 Å². The first-order valence-electron chi connectivity index (χ1n) is 5.39. The second kappa shape index (κ2) is 5.27. The molecule has 6 heteroatoms. The molecule has 1 aromatic carbocycles. The van der Waals surface area contributed by atoms with Crippen LogP contribution in [0.3, 0.4) is 0 Å². The van der Waals surface area contributed by atoms with Crippen LogP contribution in [0.2, 0.25) is 5.28 Å². The van der Waals surface area contributed by atoms with E-state index in [1.807, 2.05) is 13.8 Å². The molecule has 0 fully saturated rings. The fourth-order valence-corrected chi connectivity index (χ4v) is 1.50. The highest BCUT2D eigenvalue weighted by Crippen LogP contribution is 2.20. The lowest BCUT2D eigenvalue weighted by molar-refractivity contribution is 0.222. The van der Waals surface area contributed by atoms with Crippen molar-refractivity contribution in [3.05, 3.63) is 35.4 Å². The summed E-state index contributed by atoms with van der Waals surface area (Å²) in [5.41, 5.74) is 0.521. The van der Waals surface area contributed by atoms with Crippen molar-refractivity contribution in [3.8, 4) is 17.4 Å². The van der Waals surface area contributed by atoms with Crippen molar-refractivity contribution < 1.29 is 9.13 Å². The lowest BCUT2D eigenvalue weighted by Crippen LogP contribution is -2.09. The SMILES string of the molecule is CC(C)Oc1nc(Cl)nc(-c2cccc(F)c2)n1. The Morgan fingerprint density at radius 2 is 2.00 bits per heavy atom. The summed E-state index contributed by atoms with van der Waals surface area (Å²) in [6.07, 6.45) is -0.0798. The number of rotatable bonds is 3. The minimum Gasteiger partial charge on any atom is -0.461 e. The summed E-state index contributed by atoms with van der Waals surface area (Å²) in [7, 11) is 0. The van der Waals surface area contributed by atoms with Gasteiger partial charge in [0.1, 0.15) is 5.82 Å². The van der Waals surface area contributed by atoms with Gasteiger partial charge in [-0.1, -0.05) is 12.1 Å². The molecule has 0 radical (unpaired) electrons. The highest BCUT2D eigenvalue weighted by molar-refractivity contribution is 6.28. The topological polar surface area (TPSA) is 47.9 Å². The van der Waals surface area contributed by atoms with Crippen molar-refractivity contribution in [2.75, 3.05) is 0 Å². The predicted octanol–water partition coefficient (Wildman–Crippen LogP) is 3.12. The van der Waals surface area contributed by atoms with Gasteiger partial charge in [0.15, 0.2) is 5.82 Å². The third-order valence-corrected chi connectivity index (χ3v) is 2.18. The van der Waals surface area contributed by atoms with Crippen LogP contribution in [0.5, 0.6) is 6.01 Å². The zero-order chi connectivity index (χ0) is 13.1. The maximum absolute atomic E-state index is 13.1. The van der Waals surface area contributed by atoms with Crippen LogP contribution in [0.4, 0.5) is 4.39 Å². The standard InChI is InChI=1S/C12H11ClFN3O/c1-7(2)18-12-16-10(15-11(13)17-12)8-4-3-5-9(14)6-8/h3-7H,1-2H3. The fourth-order valence-electron chi connectivity index (χ4n) is 1.35. The first-order valence-corrected chi connectivity index (χ1v) is 5.76. The molecule has 0 N–H and O–H groups in total. The molecule has 0 aliphatic rings. The smallest absolute Gasteiger partial charge is 0.321 e. The lowest BCUT2D eigenvalue weighted by Gasteiger charge is -2.08. The maximum atomic E-state index is 13.1. The van der Waals surface area contributed by atoms with Crippen LogP contribution in [-0.2, 0) is 0 Å². The zero-order valence-corrected chi connectivity index (χ0v) is 10.6. The van der Waals surface area contributed by atoms with Crippen LogP contribution >= 0.6 is 11.6 Å². The summed E-state index contributed by atoms with van der Waals surface area (Å²) < 4.78 is 18.5. The average Bonchev–Trinajstić information content (AvgIpc) is 2.27. The molecule has 4 nitrogen and oxygen atoms in total. The van der Waals surface area contributed by atoms with Crippen molar-refractivity contribution in [3.63, 3.8) is 0 Å². The Balaban J connectivity index is 2.41. The summed E-state index contributed by atoms with van der Waals surface area (Å²) >= 11 is 5.79. The Bertz CT molecular complexity index is 563. The van der Waals surface area contributed by atoms with Gasteiger partial charge in [0.2, 0.25) is 5.28 Å². The van der Waals surface area contributed by atoms with Gasteiger partial charge in [-0.25, -0.2) is 4.39 Å². The van der Waals surface area contributed by atoms with Gasteiger partial charge in [0, 0.05) is 5.56 Å². The Morgan fingerprint density at radius 1 is 1.22 bits per heavy atom. The van der Waals surface area contributed by atoms with E-state index in [-0.39, 0.29) is 29.0 Å². The van der Waals surface area contributed by atoms with E-state index in [0.717, 1.165) is 0 Å². The number of hydrogen-bond donors (Lipinski definition) is 0. The zero-order valence-electron chi connectivity index (χ0n) is 9.89. The molecule has 1 heterocycles. The van der Waals surface area contributed by atoms with Crippen molar-refractivity contribution in [1.29, 1.82) is 0 Å². The molecule has 0 unspecified atom stereocenters. The van der Waals surface area contributed by atoms with Gasteiger partial charge in [0.05, 0.1) is 6.10 Å². The van der Waals surface area contributed by atoms with E-state index in [2.05, 4.69) is 15.0 Å². The molecular weight excluding hydrogens is 257 g/mol. The van der Waals surface area contributed by atoms with E-state index in [4.69, 9.17) is 16.3 Å². The van der Waals surface area contributed by atoms with Gasteiger partial charge in [0.25, 0.3) is 0 Å². The first kappa shape index (κ1) is 12.7. The highest BCUT2D eigenvalue weighted by Gasteiger charge is 2.10. The van der Waals surface area contributed by atoms with Crippen molar-refractivity contribution >= 4 is 11.6 Å². The first-order chi connectivity index (χ1) is 8.54. The van der Waals surface area contributed by atoms with Crippen LogP contribution in [0.1, 0.15) is 13.8 Å². The van der Waals surface area contributed by atoms with Gasteiger partial charge in [-0.05, 0) is 37.6 Å². The Morgan fingerprint density at radius 3 is 2.67 bits per heavy atom. The molecule has 0 spiro atoms. The molecule has 1 aromatic heterocycles. The van der Waals surface area contributed by atoms with E-state index in [1.54, 1.807) is 12.1 Å². The summed E-state index contributed by atoms with van der Waals surface area (Å²) in [4.78, 5) is 11.9.